The van der Waals surface area contributed by atoms with E-state index in [0.717, 1.165) is 18.2 Å². The summed E-state index contributed by atoms with van der Waals surface area (Å²) in [4.78, 5) is 32.1. The predicted octanol–water partition coefficient (Wildman–Crippen LogP) is 0.0976. The Balaban J connectivity index is 2.76. The second-order valence-corrected chi connectivity index (χ2v) is 3.15. The van der Waals surface area contributed by atoms with E-state index in [2.05, 4.69) is 0 Å². The molecule has 0 unspecified atom stereocenters. The summed E-state index contributed by atoms with van der Waals surface area (Å²) in [7, 11) is 0. The Hall–Kier alpha value is -2.64. The fourth-order valence-electron chi connectivity index (χ4n) is 1.11. The molecule has 0 saturated carbocycles. The molecule has 0 aliphatic heterocycles. The molecule has 0 aliphatic carbocycles. The zero-order valence-corrected chi connectivity index (χ0v) is 8.97. The standard InChI is InChI=1S/C10H9FN2O5/c11-5-1-2-7(6(3-5)9(15)16)18-4-8(14)13-10(12)17/h1-3H,4H2,(H,15,16)(H3,12,13,14,17). The number of primary amides is 1. The van der Waals surface area contributed by atoms with Crippen LogP contribution in [0.4, 0.5) is 9.18 Å². The molecule has 0 bridgehead atoms. The molecule has 0 spiro atoms. The number of rotatable bonds is 4. The Morgan fingerprint density at radius 1 is 1.39 bits per heavy atom. The number of hydrogen-bond donors (Lipinski definition) is 3. The van der Waals surface area contributed by atoms with E-state index in [1.165, 1.54) is 0 Å². The van der Waals surface area contributed by atoms with Crippen molar-refractivity contribution in [1.29, 1.82) is 0 Å². The van der Waals surface area contributed by atoms with Crippen molar-refractivity contribution in [3.8, 4) is 5.75 Å². The molecule has 0 radical (unpaired) electrons. The molecule has 4 N–H and O–H groups in total. The van der Waals surface area contributed by atoms with Crippen molar-refractivity contribution in [1.82, 2.24) is 5.32 Å². The van der Waals surface area contributed by atoms with Crippen LogP contribution >= 0.6 is 0 Å². The third-order valence-corrected chi connectivity index (χ3v) is 1.79. The zero-order chi connectivity index (χ0) is 13.7. The summed E-state index contributed by atoms with van der Waals surface area (Å²) in [5.41, 5.74) is 4.26. The molecule has 0 heterocycles. The maximum absolute atomic E-state index is 12.8. The average molecular weight is 256 g/mol. The molecule has 18 heavy (non-hydrogen) atoms. The van der Waals surface area contributed by atoms with Crippen molar-refractivity contribution in [3.05, 3.63) is 29.6 Å². The van der Waals surface area contributed by atoms with Crippen LogP contribution in [0.3, 0.4) is 0 Å². The fourth-order valence-corrected chi connectivity index (χ4v) is 1.11. The minimum atomic E-state index is -1.40. The topological polar surface area (TPSA) is 119 Å². The van der Waals surface area contributed by atoms with Gasteiger partial charge in [-0.2, -0.15) is 0 Å². The molecular weight excluding hydrogens is 247 g/mol. The normalized spacial score (nSPS) is 9.61. The van der Waals surface area contributed by atoms with E-state index < -0.39 is 35.9 Å². The van der Waals surface area contributed by atoms with Crippen LogP contribution in [-0.2, 0) is 4.79 Å². The highest BCUT2D eigenvalue weighted by Crippen LogP contribution is 2.19. The van der Waals surface area contributed by atoms with E-state index >= 15 is 0 Å². The second-order valence-electron chi connectivity index (χ2n) is 3.15. The van der Waals surface area contributed by atoms with Crippen LogP contribution in [0.1, 0.15) is 10.4 Å². The monoisotopic (exact) mass is 256 g/mol. The Kier molecular flexibility index (Phi) is 4.19. The van der Waals surface area contributed by atoms with Gasteiger partial charge in [-0.05, 0) is 18.2 Å². The zero-order valence-electron chi connectivity index (χ0n) is 8.97. The van der Waals surface area contributed by atoms with Crippen LogP contribution in [0.2, 0.25) is 0 Å². The number of amides is 3. The van der Waals surface area contributed by atoms with E-state index in [4.69, 9.17) is 15.6 Å². The first kappa shape index (κ1) is 13.4. The smallest absolute Gasteiger partial charge is 0.339 e. The SMILES string of the molecule is NC(=O)NC(=O)COc1ccc(F)cc1C(=O)O. The number of nitrogens with one attached hydrogen (secondary N) is 1. The molecule has 1 rings (SSSR count). The summed E-state index contributed by atoms with van der Waals surface area (Å²) in [5.74, 6) is -3.19. The molecular formula is C10H9FN2O5. The predicted molar refractivity (Wildman–Crippen MR) is 56.6 cm³/mol. The van der Waals surface area contributed by atoms with Gasteiger partial charge < -0.3 is 15.6 Å². The average Bonchev–Trinajstić information content (AvgIpc) is 2.26. The van der Waals surface area contributed by atoms with Crippen LogP contribution in [0, 0.1) is 5.82 Å². The molecule has 96 valence electrons. The lowest BCUT2D eigenvalue weighted by Crippen LogP contribution is -2.38. The molecule has 1 aromatic carbocycles. The summed E-state index contributed by atoms with van der Waals surface area (Å²) < 4.78 is 17.7. The Labute approximate surface area is 100 Å². The third kappa shape index (κ3) is 3.74. The first-order valence-corrected chi connectivity index (χ1v) is 4.65. The molecule has 0 fully saturated rings. The first-order valence-electron chi connectivity index (χ1n) is 4.65. The first-order chi connectivity index (χ1) is 8.40. The maximum atomic E-state index is 12.8. The molecule has 0 atom stereocenters. The van der Waals surface area contributed by atoms with E-state index in [1.807, 2.05) is 0 Å². The minimum absolute atomic E-state index is 0.191. The van der Waals surface area contributed by atoms with Crippen LogP contribution in [-0.4, -0.2) is 29.6 Å². The molecule has 7 nitrogen and oxygen atoms in total. The van der Waals surface area contributed by atoms with Crippen molar-refractivity contribution in [3.63, 3.8) is 0 Å². The fraction of sp³-hybridized carbons (Fsp3) is 0.100. The maximum Gasteiger partial charge on any atom is 0.339 e. The van der Waals surface area contributed by atoms with Gasteiger partial charge in [-0.15, -0.1) is 0 Å². The molecule has 3 amide bonds. The summed E-state index contributed by atoms with van der Waals surface area (Å²) in [6.07, 6.45) is 0. The number of carbonyl (C=O) groups is 3. The number of aromatic carboxylic acids is 1. The quantitative estimate of drug-likeness (QED) is 0.705. The van der Waals surface area contributed by atoms with E-state index in [-0.39, 0.29) is 5.75 Å². The van der Waals surface area contributed by atoms with E-state index in [1.54, 1.807) is 5.32 Å². The summed E-state index contributed by atoms with van der Waals surface area (Å²) in [6.45, 7) is -0.616. The number of carboxylic acids is 1. The van der Waals surface area contributed by atoms with Gasteiger partial charge in [-0.3, -0.25) is 10.1 Å². The van der Waals surface area contributed by atoms with Crippen molar-refractivity contribution >= 4 is 17.9 Å². The van der Waals surface area contributed by atoms with Gasteiger partial charge in [0.15, 0.2) is 6.61 Å². The van der Waals surface area contributed by atoms with Crippen molar-refractivity contribution in [2.75, 3.05) is 6.61 Å². The number of ether oxygens (including phenoxy) is 1. The number of carbonyl (C=O) groups excluding carboxylic acids is 2. The second kappa shape index (κ2) is 5.62. The summed E-state index contributed by atoms with van der Waals surface area (Å²) in [6, 6.07) is 1.74. The number of urea groups is 1. The number of halogens is 1. The Bertz CT molecular complexity index is 503. The number of nitrogens with two attached hydrogens (primary N) is 1. The van der Waals surface area contributed by atoms with Gasteiger partial charge in [0.1, 0.15) is 17.1 Å². The highest BCUT2D eigenvalue weighted by Gasteiger charge is 2.14. The molecule has 1 aromatic rings. The Morgan fingerprint density at radius 2 is 2.06 bits per heavy atom. The highest BCUT2D eigenvalue weighted by atomic mass is 19.1. The van der Waals surface area contributed by atoms with Crippen LogP contribution < -0.4 is 15.8 Å². The van der Waals surface area contributed by atoms with E-state index in [0.29, 0.717) is 0 Å². The lowest BCUT2D eigenvalue weighted by atomic mass is 10.2. The van der Waals surface area contributed by atoms with Gasteiger partial charge in [-0.25, -0.2) is 14.0 Å². The Morgan fingerprint density at radius 3 is 2.61 bits per heavy atom. The van der Waals surface area contributed by atoms with Gasteiger partial charge in [-0.1, -0.05) is 0 Å². The summed E-state index contributed by atoms with van der Waals surface area (Å²) >= 11 is 0. The lowest BCUT2D eigenvalue weighted by molar-refractivity contribution is -0.121. The molecule has 0 aromatic heterocycles. The van der Waals surface area contributed by atoms with Crippen molar-refractivity contribution in [2.24, 2.45) is 5.73 Å². The lowest BCUT2D eigenvalue weighted by Gasteiger charge is -2.08. The number of carboxylic acid groups (broad SMARTS) is 1. The van der Waals surface area contributed by atoms with Crippen LogP contribution in [0.25, 0.3) is 0 Å². The number of benzene rings is 1. The van der Waals surface area contributed by atoms with Crippen LogP contribution in [0.15, 0.2) is 18.2 Å². The minimum Gasteiger partial charge on any atom is -0.483 e. The van der Waals surface area contributed by atoms with E-state index in [9.17, 15) is 18.8 Å². The molecule has 0 saturated heterocycles. The van der Waals surface area contributed by atoms with Gasteiger partial charge in [0.2, 0.25) is 0 Å². The van der Waals surface area contributed by atoms with Gasteiger partial charge in [0.25, 0.3) is 5.91 Å². The van der Waals surface area contributed by atoms with Gasteiger partial charge >= 0.3 is 12.0 Å². The molecule has 0 aliphatic rings. The van der Waals surface area contributed by atoms with Crippen molar-refractivity contribution < 1.29 is 28.6 Å². The number of hydrogen-bond acceptors (Lipinski definition) is 4. The largest absolute Gasteiger partial charge is 0.483 e. The number of imide groups is 1. The summed E-state index contributed by atoms with van der Waals surface area (Å²) in [5, 5.41) is 10.5. The molecule has 8 heteroatoms. The third-order valence-electron chi connectivity index (χ3n) is 1.79. The van der Waals surface area contributed by atoms with Gasteiger partial charge in [0.05, 0.1) is 0 Å². The van der Waals surface area contributed by atoms with Gasteiger partial charge in [0, 0.05) is 0 Å². The van der Waals surface area contributed by atoms with Crippen molar-refractivity contribution in [2.45, 2.75) is 0 Å². The van der Waals surface area contributed by atoms with Crippen LogP contribution in [0.5, 0.6) is 5.75 Å². The highest BCUT2D eigenvalue weighted by molar-refractivity contribution is 5.94.